The number of aromatic nitrogens is 4. The van der Waals surface area contributed by atoms with E-state index >= 15 is 0 Å². The second kappa shape index (κ2) is 12.2. The van der Waals surface area contributed by atoms with Crippen LogP contribution in [0.1, 0.15) is 22.3 Å². The number of nitrogens with zero attached hydrogens (tertiary/aromatic N) is 4. The Morgan fingerprint density at radius 2 is 1.00 bits per heavy atom. The van der Waals surface area contributed by atoms with Gasteiger partial charge in [-0.15, -0.1) is 0 Å². The van der Waals surface area contributed by atoms with E-state index in [1.54, 1.807) is 0 Å². The summed E-state index contributed by atoms with van der Waals surface area (Å²) in [7, 11) is 0. The lowest BCUT2D eigenvalue weighted by molar-refractivity contribution is 0.769. The van der Waals surface area contributed by atoms with E-state index in [4.69, 9.17) is 4.98 Å². The molecular weight excluding hydrogens is 693 g/mol. The molecule has 4 heteroatoms. The first kappa shape index (κ1) is 31.8. The zero-order chi connectivity index (χ0) is 37.5. The Morgan fingerprint density at radius 1 is 0.404 bits per heavy atom. The van der Waals surface area contributed by atoms with Gasteiger partial charge in [-0.1, -0.05) is 133 Å². The SMILES string of the molecule is c1ccc(C2(c3ccccc3)c3ccccc3-c3c2ccc2c3c3ncccc3n2-c2ccc(-c3ccc(-n4c5ccccc5c5ccncc54)cc3)cc2)cc1. The van der Waals surface area contributed by atoms with Crippen molar-refractivity contribution in [2.45, 2.75) is 5.41 Å². The third-order valence-electron chi connectivity index (χ3n) is 12.2. The maximum atomic E-state index is 5.10. The number of para-hydroxylation sites is 1. The number of hydrogen-bond donors (Lipinski definition) is 0. The van der Waals surface area contributed by atoms with Crippen LogP contribution in [-0.2, 0) is 5.41 Å². The van der Waals surface area contributed by atoms with Crippen molar-refractivity contribution in [1.82, 2.24) is 19.1 Å². The molecular formula is C53H34N4. The number of hydrogen-bond acceptors (Lipinski definition) is 2. The first-order chi connectivity index (χ1) is 28.3. The van der Waals surface area contributed by atoms with Crippen molar-refractivity contribution in [2.24, 2.45) is 0 Å². The first-order valence-electron chi connectivity index (χ1n) is 19.5. The molecule has 266 valence electrons. The maximum Gasteiger partial charge on any atom is 0.0969 e. The maximum absolute atomic E-state index is 5.10. The van der Waals surface area contributed by atoms with Crippen LogP contribution < -0.4 is 0 Å². The molecule has 57 heavy (non-hydrogen) atoms. The fourth-order valence-corrected chi connectivity index (χ4v) is 9.83. The number of pyridine rings is 2. The highest BCUT2D eigenvalue weighted by atomic mass is 15.0. The van der Waals surface area contributed by atoms with Crippen LogP contribution in [0.15, 0.2) is 207 Å². The van der Waals surface area contributed by atoms with E-state index in [2.05, 4.69) is 196 Å². The molecule has 0 amide bonds. The molecule has 7 aromatic carbocycles. The molecule has 0 aliphatic heterocycles. The summed E-state index contributed by atoms with van der Waals surface area (Å²) in [6, 6.07) is 68.4. The molecule has 4 nitrogen and oxygen atoms in total. The number of rotatable bonds is 5. The first-order valence-corrected chi connectivity index (χ1v) is 19.5. The lowest BCUT2D eigenvalue weighted by Gasteiger charge is -2.33. The molecule has 0 N–H and O–H groups in total. The summed E-state index contributed by atoms with van der Waals surface area (Å²) in [5, 5.41) is 3.63. The van der Waals surface area contributed by atoms with Crippen LogP contribution in [0.25, 0.3) is 77.4 Å². The minimum absolute atomic E-state index is 0.471. The van der Waals surface area contributed by atoms with Gasteiger partial charge < -0.3 is 9.13 Å². The molecule has 1 aliphatic rings. The Kier molecular flexibility index (Phi) is 6.81. The second-order valence-corrected chi connectivity index (χ2v) is 15.0. The van der Waals surface area contributed by atoms with E-state index in [9.17, 15) is 0 Å². The van der Waals surface area contributed by atoms with Crippen molar-refractivity contribution < 1.29 is 0 Å². The number of fused-ring (bicyclic) bond motifs is 10. The quantitative estimate of drug-likeness (QED) is 0.177. The topological polar surface area (TPSA) is 35.6 Å². The molecule has 1 aliphatic carbocycles. The van der Waals surface area contributed by atoms with Gasteiger partial charge in [0, 0.05) is 39.9 Å². The molecule has 0 radical (unpaired) electrons. The summed E-state index contributed by atoms with van der Waals surface area (Å²) in [5.74, 6) is 0. The van der Waals surface area contributed by atoms with Gasteiger partial charge in [0.2, 0.25) is 0 Å². The van der Waals surface area contributed by atoms with Crippen LogP contribution in [0.5, 0.6) is 0 Å². The lowest BCUT2D eigenvalue weighted by atomic mass is 9.67. The molecule has 0 atom stereocenters. The van der Waals surface area contributed by atoms with Crippen molar-refractivity contribution in [3.05, 3.63) is 229 Å². The highest BCUT2D eigenvalue weighted by Crippen LogP contribution is 2.58. The predicted molar refractivity (Wildman–Crippen MR) is 233 cm³/mol. The van der Waals surface area contributed by atoms with Crippen LogP contribution in [0.2, 0.25) is 0 Å². The van der Waals surface area contributed by atoms with Gasteiger partial charge in [-0.3, -0.25) is 9.97 Å². The third kappa shape index (κ3) is 4.44. The summed E-state index contributed by atoms with van der Waals surface area (Å²) in [6.45, 7) is 0. The van der Waals surface area contributed by atoms with Gasteiger partial charge in [0.25, 0.3) is 0 Å². The molecule has 0 bridgehead atoms. The highest BCUT2D eigenvalue weighted by molar-refractivity contribution is 6.17. The van der Waals surface area contributed by atoms with Crippen LogP contribution in [0, 0.1) is 0 Å². The molecule has 11 aromatic rings. The normalized spacial score (nSPS) is 13.1. The molecule has 0 saturated carbocycles. The van der Waals surface area contributed by atoms with Crippen molar-refractivity contribution >= 4 is 43.7 Å². The van der Waals surface area contributed by atoms with Gasteiger partial charge in [0.15, 0.2) is 0 Å². The van der Waals surface area contributed by atoms with Gasteiger partial charge in [0.05, 0.1) is 39.2 Å². The lowest BCUT2D eigenvalue weighted by Crippen LogP contribution is -2.28. The van der Waals surface area contributed by atoms with Gasteiger partial charge in [-0.05, 0) is 99.1 Å². The molecule has 12 rings (SSSR count). The average molecular weight is 727 g/mol. The Hall–Kier alpha value is -7.56. The van der Waals surface area contributed by atoms with Crippen molar-refractivity contribution in [2.75, 3.05) is 0 Å². The van der Waals surface area contributed by atoms with Gasteiger partial charge in [0.1, 0.15) is 0 Å². The van der Waals surface area contributed by atoms with E-state index in [1.165, 1.54) is 66.2 Å². The standard InChI is InChI=1S/C53H34N4/c1-3-12-37(13-4-1)53(38-14-5-2-6-15-38)44-18-9-7-17-43(44)50-45(53)29-30-47-51(50)52-48(20-11-32-55-52)57(47)40-27-23-36(24-28-40)35-21-25-39(26-22-35)56-46-19-10-8-16-41(46)42-31-33-54-34-49(42)56/h1-34H. The summed E-state index contributed by atoms with van der Waals surface area (Å²) in [5.41, 5.74) is 17.2. The van der Waals surface area contributed by atoms with Gasteiger partial charge in [-0.25, -0.2) is 0 Å². The van der Waals surface area contributed by atoms with Crippen molar-refractivity contribution in [3.63, 3.8) is 0 Å². The molecule has 0 fully saturated rings. The minimum Gasteiger partial charge on any atom is -0.308 e. The fraction of sp³-hybridized carbons (Fsp3) is 0.0189. The second-order valence-electron chi connectivity index (χ2n) is 15.0. The van der Waals surface area contributed by atoms with Crippen LogP contribution >= 0.6 is 0 Å². The average Bonchev–Trinajstić information content (AvgIpc) is 3.92. The molecule has 0 spiro atoms. The fourth-order valence-electron chi connectivity index (χ4n) is 9.83. The zero-order valence-corrected chi connectivity index (χ0v) is 30.9. The van der Waals surface area contributed by atoms with E-state index in [0.29, 0.717) is 0 Å². The summed E-state index contributed by atoms with van der Waals surface area (Å²) >= 11 is 0. The highest BCUT2D eigenvalue weighted by Gasteiger charge is 2.47. The van der Waals surface area contributed by atoms with Crippen LogP contribution in [0.4, 0.5) is 0 Å². The minimum atomic E-state index is -0.471. The van der Waals surface area contributed by atoms with Crippen LogP contribution in [-0.4, -0.2) is 19.1 Å². The summed E-state index contributed by atoms with van der Waals surface area (Å²) in [6.07, 6.45) is 5.76. The zero-order valence-electron chi connectivity index (χ0n) is 30.9. The Labute approximate surface area is 329 Å². The molecule has 0 unspecified atom stereocenters. The smallest absolute Gasteiger partial charge is 0.0969 e. The largest absolute Gasteiger partial charge is 0.308 e. The third-order valence-corrected chi connectivity index (χ3v) is 12.2. The Balaban J connectivity index is 1.01. The molecule has 0 saturated heterocycles. The molecule has 4 aromatic heterocycles. The summed E-state index contributed by atoms with van der Waals surface area (Å²) in [4.78, 5) is 9.56. The number of benzene rings is 7. The Morgan fingerprint density at radius 3 is 1.72 bits per heavy atom. The van der Waals surface area contributed by atoms with E-state index in [1.807, 2.05) is 24.7 Å². The predicted octanol–water partition coefficient (Wildman–Crippen LogP) is 12.7. The summed E-state index contributed by atoms with van der Waals surface area (Å²) < 4.78 is 4.69. The van der Waals surface area contributed by atoms with Crippen LogP contribution in [0.3, 0.4) is 0 Å². The van der Waals surface area contributed by atoms with Gasteiger partial charge in [-0.2, -0.15) is 0 Å². The van der Waals surface area contributed by atoms with E-state index in [-0.39, 0.29) is 0 Å². The van der Waals surface area contributed by atoms with Gasteiger partial charge >= 0.3 is 0 Å². The van der Waals surface area contributed by atoms with Crippen molar-refractivity contribution in [1.29, 1.82) is 0 Å². The van der Waals surface area contributed by atoms with E-state index in [0.717, 1.165) is 33.4 Å². The molecule has 4 heterocycles. The van der Waals surface area contributed by atoms with E-state index < -0.39 is 5.41 Å². The van der Waals surface area contributed by atoms with Crippen molar-refractivity contribution in [3.8, 4) is 33.6 Å². The monoisotopic (exact) mass is 726 g/mol. The Bertz CT molecular complexity index is 3230.